The molecule has 0 heterocycles. The van der Waals surface area contributed by atoms with Crippen LogP contribution in [-0.4, -0.2) is 37.9 Å². The van der Waals surface area contributed by atoms with Crippen molar-refractivity contribution in [2.45, 2.75) is 45.1 Å². The van der Waals surface area contributed by atoms with E-state index < -0.39 is 21.6 Å². The van der Waals surface area contributed by atoms with E-state index in [-0.39, 0.29) is 34.5 Å². The van der Waals surface area contributed by atoms with Crippen LogP contribution in [-0.2, 0) is 14.8 Å². The van der Waals surface area contributed by atoms with Crippen molar-refractivity contribution in [3.8, 4) is 0 Å². The van der Waals surface area contributed by atoms with Crippen molar-refractivity contribution in [1.29, 1.82) is 0 Å². The summed E-state index contributed by atoms with van der Waals surface area (Å²) in [4.78, 5) is 0.0472. The Hall–Kier alpha value is -0.891. The van der Waals surface area contributed by atoms with E-state index in [0.717, 1.165) is 5.56 Å². The molecule has 0 saturated heterocycles. The van der Waals surface area contributed by atoms with Crippen molar-refractivity contribution >= 4 is 33.9 Å². The third-order valence-electron chi connectivity index (χ3n) is 2.27. The van der Waals surface area contributed by atoms with Crippen LogP contribution in [0.25, 0.3) is 4.72 Å². The Morgan fingerprint density at radius 3 is 2.10 bits per heavy atom. The summed E-state index contributed by atoms with van der Waals surface area (Å²) < 4.78 is 32.6. The molecule has 0 fully saturated rings. The Kier molecular flexibility index (Phi) is 7.08. The van der Waals surface area contributed by atoms with Crippen LogP contribution in [0.2, 0.25) is 0 Å². The molecule has 0 aliphatic heterocycles. The summed E-state index contributed by atoms with van der Waals surface area (Å²) in [6.07, 6.45) is 0. The predicted octanol–water partition coefficient (Wildman–Crippen LogP) is 2.04. The average molecular weight is 416 g/mol. The van der Waals surface area contributed by atoms with Crippen LogP contribution in [0.4, 0.5) is 0 Å². The molecule has 2 radical (unpaired) electrons. The molecule has 21 heavy (non-hydrogen) atoms. The van der Waals surface area contributed by atoms with Gasteiger partial charge in [-0.1, -0.05) is 45.4 Å². The molecule has 7 heteroatoms. The molecule has 1 aromatic carbocycles. The van der Waals surface area contributed by atoms with Crippen molar-refractivity contribution in [2.75, 3.05) is 0 Å². The Morgan fingerprint density at radius 2 is 1.67 bits per heavy atom. The van der Waals surface area contributed by atoms with Crippen LogP contribution < -0.4 is 5.11 Å². The Morgan fingerprint density at radius 1 is 1.19 bits per heavy atom. The van der Waals surface area contributed by atoms with Crippen LogP contribution >= 0.6 is 0 Å². The zero-order valence-electron chi connectivity index (χ0n) is 12.8. The van der Waals surface area contributed by atoms with E-state index in [0.29, 0.717) is 0 Å². The van der Waals surface area contributed by atoms with E-state index in [4.69, 9.17) is 4.74 Å². The maximum absolute atomic E-state index is 12.0. The fourth-order valence-corrected chi connectivity index (χ4v) is 2.35. The second-order valence-electron chi connectivity index (χ2n) is 5.47. The molecule has 0 spiro atoms. The van der Waals surface area contributed by atoms with Gasteiger partial charge in [-0.2, -0.15) is 0 Å². The zero-order valence-corrected chi connectivity index (χ0v) is 16.5. The van der Waals surface area contributed by atoms with Crippen molar-refractivity contribution in [1.82, 2.24) is 0 Å². The fourth-order valence-electron chi connectivity index (χ4n) is 1.33. The molecule has 0 atom stereocenters. The molecule has 0 aliphatic rings. The third-order valence-corrected chi connectivity index (χ3v) is 3.65. The van der Waals surface area contributed by atoms with Gasteiger partial charge in [0, 0.05) is 11.5 Å². The minimum absolute atomic E-state index is 0. The van der Waals surface area contributed by atoms with Gasteiger partial charge in [0.25, 0.3) is 0 Å². The second-order valence-corrected chi connectivity index (χ2v) is 7.07. The van der Waals surface area contributed by atoms with Gasteiger partial charge >= 0.3 is 23.9 Å². The molecule has 0 aliphatic carbocycles. The van der Waals surface area contributed by atoms with Gasteiger partial charge in [-0.05, 0) is 19.1 Å². The summed E-state index contributed by atoms with van der Waals surface area (Å²) >= 11 is 0. The number of nitrogens with zero attached hydrogens (tertiary/aromatic N) is 1. The van der Waals surface area contributed by atoms with Gasteiger partial charge in [-0.3, -0.25) is 0 Å². The molecule has 114 valence electrons. The first kappa shape index (κ1) is 20.1. The zero-order chi connectivity index (χ0) is 15.6. The largest absolute Gasteiger partial charge is 2.00 e. The number of allylic oxidation sites excluding steroid dienone is 1. The van der Waals surface area contributed by atoms with Crippen LogP contribution in [0.15, 0.2) is 40.8 Å². The molecule has 0 aromatic heterocycles. The standard InChI is InChI=1S/C14H20NO4S.Sn/c1-10-6-8-12(9-7-10)20(17,18)15-11(2)13(16)19-14(3,4)5;/h6-9,16H,1-5H3;/q-1;+2/p-1/b13-11+;. The van der Waals surface area contributed by atoms with Crippen molar-refractivity contribution < 1.29 is 18.3 Å². The van der Waals surface area contributed by atoms with Gasteiger partial charge in [0.15, 0.2) is 0 Å². The first-order valence-electron chi connectivity index (χ1n) is 6.13. The Labute approximate surface area is 143 Å². The van der Waals surface area contributed by atoms with Crippen LogP contribution in [0, 0.1) is 6.92 Å². The quantitative estimate of drug-likeness (QED) is 0.556. The number of aryl methyl sites for hydroxylation is 1. The normalized spacial score (nSPS) is 13.0. The molecule has 0 unspecified atom stereocenters. The van der Waals surface area contributed by atoms with Gasteiger partial charge in [0.2, 0.25) is 0 Å². The third kappa shape index (κ3) is 6.60. The number of hydrogen-bond donors (Lipinski definition) is 0. The SMILES string of the molecule is C/C([N-]S(=O)(=O)c1ccc(C)cc1)=C(/[O-])OC(C)(C)C.[Sn+2]. The summed E-state index contributed by atoms with van der Waals surface area (Å²) in [5.41, 5.74) is 0.0545. The van der Waals surface area contributed by atoms with E-state index in [1.807, 2.05) is 6.92 Å². The van der Waals surface area contributed by atoms with E-state index in [1.165, 1.54) is 19.1 Å². The van der Waals surface area contributed by atoms with E-state index in [9.17, 15) is 13.5 Å². The Bertz CT molecular complexity index is 601. The molecule has 0 N–H and O–H groups in total. The summed E-state index contributed by atoms with van der Waals surface area (Å²) in [6, 6.07) is 6.25. The van der Waals surface area contributed by atoms with Gasteiger partial charge in [0.05, 0.1) is 4.90 Å². The average Bonchev–Trinajstić information content (AvgIpc) is 2.26. The monoisotopic (exact) mass is 417 g/mol. The summed E-state index contributed by atoms with van der Waals surface area (Å²) in [5, 5.41) is 11.7. The molecule has 1 aromatic rings. The van der Waals surface area contributed by atoms with Crippen LogP contribution in [0.1, 0.15) is 33.3 Å². The first-order valence-corrected chi connectivity index (χ1v) is 7.57. The summed E-state index contributed by atoms with van der Waals surface area (Å²) in [6.45, 7) is 8.28. The molecule has 5 nitrogen and oxygen atoms in total. The maximum atomic E-state index is 12.0. The second kappa shape index (κ2) is 7.40. The molecule has 0 saturated carbocycles. The van der Waals surface area contributed by atoms with Gasteiger partial charge in [-0.15, -0.1) is 5.70 Å². The number of ether oxygens (including phenoxy) is 1. The summed E-state index contributed by atoms with van der Waals surface area (Å²) in [5.74, 6) is -0.742. The first-order chi connectivity index (χ1) is 9.01. The van der Waals surface area contributed by atoms with Gasteiger partial charge in [0.1, 0.15) is 10.0 Å². The smallest absolute Gasteiger partial charge is 0.609 e. The fraction of sp³-hybridized carbons (Fsp3) is 0.429. The number of sulfonamides is 1. The predicted molar refractivity (Wildman–Crippen MR) is 81.0 cm³/mol. The minimum atomic E-state index is -3.89. The molecular formula is C14H19NO4SSn. The van der Waals surface area contributed by atoms with E-state index in [1.54, 1.807) is 32.9 Å². The number of hydrogen-bond acceptors (Lipinski definition) is 4. The number of rotatable bonds is 4. The van der Waals surface area contributed by atoms with Crippen LogP contribution in [0.5, 0.6) is 0 Å². The van der Waals surface area contributed by atoms with Gasteiger partial charge < -0.3 is 14.6 Å². The van der Waals surface area contributed by atoms with Crippen LogP contribution in [0.3, 0.4) is 0 Å². The molecule has 0 amide bonds. The topological polar surface area (TPSA) is 80.5 Å². The maximum Gasteiger partial charge on any atom is 2.00 e. The van der Waals surface area contributed by atoms with Crippen molar-refractivity contribution in [3.63, 3.8) is 0 Å². The number of benzene rings is 1. The minimum Gasteiger partial charge on any atom is -0.609 e. The molecule has 0 bridgehead atoms. The van der Waals surface area contributed by atoms with E-state index >= 15 is 0 Å². The molecular weight excluding hydrogens is 397 g/mol. The van der Waals surface area contributed by atoms with Crippen molar-refractivity contribution in [3.05, 3.63) is 46.2 Å². The molecule has 1 rings (SSSR count). The summed E-state index contributed by atoms with van der Waals surface area (Å²) in [7, 11) is -3.89. The van der Waals surface area contributed by atoms with Gasteiger partial charge in [-0.25, -0.2) is 8.42 Å². The van der Waals surface area contributed by atoms with E-state index in [2.05, 4.69) is 4.72 Å². The Balaban J connectivity index is 0.00000400. The van der Waals surface area contributed by atoms with Crippen molar-refractivity contribution in [2.24, 2.45) is 0 Å².